The largest absolute Gasteiger partial charge is 0.481 e. The lowest BCUT2D eigenvalue weighted by Gasteiger charge is -2.09. The fourth-order valence-corrected chi connectivity index (χ4v) is 3.01. The first-order valence-electron chi connectivity index (χ1n) is 7.54. The van der Waals surface area contributed by atoms with Crippen LogP contribution in [-0.4, -0.2) is 38.9 Å². The van der Waals surface area contributed by atoms with E-state index in [9.17, 15) is 9.59 Å². The van der Waals surface area contributed by atoms with E-state index in [1.165, 1.54) is 31.4 Å². The molecule has 0 saturated carbocycles. The van der Waals surface area contributed by atoms with Crippen LogP contribution in [0.5, 0.6) is 11.5 Å². The minimum absolute atomic E-state index is 0.176. The Labute approximate surface area is 167 Å². The van der Waals surface area contributed by atoms with Crippen molar-refractivity contribution in [3.63, 3.8) is 0 Å². The highest BCUT2D eigenvalue weighted by Gasteiger charge is 2.11. The second kappa shape index (κ2) is 10.3. The van der Waals surface area contributed by atoms with Gasteiger partial charge in [0, 0.05) is 11.6 Å². The van der Waals surface area contributed by atoms with Crippen molar-refractivity contribution in [3.8, 4) is 11.5 Å². The van der Waals surface area contributed by atoms with E-state index < -0.39 is 11.9 Å². The molecule has 0 heterocycles. The fraction of sp³-hybridized carbons (Fsp3) is 0.222. The predicted molar refractivity (Wildman–Crippen MR) is 102 cm³/mol. The molecular weight excluding hydrogens is 472 g/mol. The van der Waals surface area contributed by atoms with E-state index in [1.807, 2.05) is 6.07 Å². The molecule has 138 valence electrons. The summed E-state index contributed by atoms with van der Waals surface area (Å²) in [6.45, 7) is 0.256. The van der Waals surface area contributed by atoms with Gasteiger partial charge in [-0.15, -0.1) is 0 Å². The molecule has 26 heavy (non-hydrogen) atoms. The molecule has 0 spiro atoms. The van der Waals surface area contributed by atoms with Crippen LogP contribution < -0.4 is 9.47 Å². The molecule has 0 aliphatic carbocycles. The fourth-order valence-electron chi connectivity index (χ4n) is 1.85. The average Bonchev–Trinajstić information content (AvgIpc) is 2.61. The van der Waals surface area contributed by atoms with E-state index in [0.717, 1.165) is 8.95 Å². The van der Waals surface area contributed by atoms with Crippen LogP contribution in [0.3, 0.4) is 0 Å². The summed E-state index contributed by atoms with van der Waals surface area (Å²) in [7, 11) is 1.52. The highest BCUT2D eigenvalue weighted by atomic mass is 79.9. The average molecular weight is 488 g/mol. The second-order valence-electron chi connectivity index (χ2n) is 4.99. The predicted octanol–water partition coefficient (Wildman–Crippen LogP) is 4.00. The number of hydrogen-bond donors (Lipinski definition) is 0. The number of rotatable bonds is 8. The third-order valence-corrected chi connectivity index (χ3v) is 4.19. The molecular formula is C18H16Br2O6. The number of benzene rings is 2. The molecule has 0 aliphatic heterocycles. The normalized spacial score (nSPS) is 10.3. The SMILES string of the molecule is COCCOC(=O)c1ccc(OC(=O)COc2ccc(Br)cc2Br)cc1. The monoisotopic (exact) mass is 486 g/mol. The number of methoxy groups -OCH3 is 1. The Morgan fingerprint density at radius 3 is 2.38 bits per heavy atom. The van der Waals surface area contributed by atoms with Crippen molar-refractivity contribution in [2.45, 2.75) is 0 Å². The summed E-state index contributed by atoms with van der Waals surface area (Å²) >= 11 is 6.69. The first-order valence-corrected chi connectivity index (χ1v) is 9.13. The van der Waals surface area contributed by atoms with Crippen LogP contribution in [0.4, 0.5) is 0 Å². The zero-order valence-corrected chi connectivity index (χ0v) is 17.0. The molecule has 2 aromatic carbocycles. The van der Waals surface area contributed by atoms with Crippen molar-refractivity contribution >= 4 is 43.8 Å². The Morgan fingerprint density at radius 2 is 1.73 bits per heavy atom. The second-order valence-corrected chi connectivity index (χ2v) is 6.76. The smallest absolute Gasteiger partial charge is 0.349 e. The van der Waals surface area contributed by atoms with Gasteiger partial charge in [0.1, 0.15) is 18.1 Å². The molecule has 2 rings (SSSR count). The molecule has 0 saturated heterocycles. The van der Waals surface area contributed by atoms with E-state index in [4.69, 9.17) is 18.9 Å². The summed E-state index contributed by atoms with van der Waals surface area (Å²) in [5, 5.41) is 0. The summed E-state index contributed by atoms with van der Waals surface area (Å²) < 4.78 is 22.0. The van der Waals surface area contributed by atoms with Crippen LogP contribution >= 0.6 is 31.9 Å². The standard InChI is InChI=1S/C18H16Br2O6/c1-23-8-9-24-18(22)12-2-5-14(6-3-12)26-17(21)11-25-16-7-4-13(19)10-15(16)20/h2-7,10H,8-9,11H2,1H3. The van der Waals surface area contributed by atoms with Crippen molar-refractivity contribution < 1.29 is 28.5 Å². The number of carbonyl (C=O) groups excluding carboxylic acids is 2. The van der Waals surface area contributed by atoms with Gasteiger partial charge in [-0.1, -0.05) is 15.9 Å². The highest BCUT2D eigenvalue weighted by Crippen LogP contribution is 2.28. The Bertz CT molecular complexity index is 761. The van der Waals surface area contributed by atoms with Crippen molar-refractivity contribution in [1.82, 2.24) is 0 Å². The number of halogens is 2. The van der Waals surface area contributed by atoms with Crippen LogP contribution in [0, 0.1) is 0 Å². The minimum atomic E-state index is -0.560. The first-order chi connectivity index (χ1) is 12.5. The van der Waals surface area contributed by atoms with Crippen molar-refractivity contribution in [2.24, 2.45) is 0 Å². The first kappa shape index (κ1) is 20.4. The highest BCUT2D eigenvalue weighted by molar-refractivity contribution is 9.11. The van der Waals surface area contributed by atoms with Crippen LogP contribution in [0.25, 0.3) is 0 Å². The molecule has 0 N–H and O–H groups in total. The summed E-state index contributed by atoms with van der Waals surface area (Å²) in [5.74, 6) is -0.195. The lowest BCUT2D eigenvalue weighted by Crippen LogP contribution is -2.18. The van der Waals surface area contributed by atoms with E-state index in [1.54, 1.807) is 12.1 Å². The van der Waals surface area contributed by atoms with Crippen molar-refractivity contribution in [2.75, 3.05) is 26.9 Å². The molecule has 0 fully saturated rings. The van der Waals surface area contributed by atoms with Gasteiger partial charge in [-0.3, -0.25) is 0 Å². The quantitative estimate of drug-likeness (QED) is 0.318. The van der Waals surface area contributed by atoms with Gasteiger partial charge < -0.3 is 18.9 Å². The van der Waals surface area contributed by atoms with E-state index in [2.05, 4.69) is 31.9 Å². The van der Waals surface area contributed by atoms with Crippen molar-refractivity contribution in [1.29, 1.82) is 0 Å². The Hall–Kier alpha value is -1.90. The molecule has 0 unspecified atom stereocenters. The zero-order chi connectivity index (χ0) is 18.9. The molecule has 0 aliphatic rings. The molecule has 6 nitrogen and oxygen atoms in total. The molecule has 0 bridgehead atoms. The van der Waals surface area contributed by atoms with Gasteiger partial charge in [-0.25, -0.2) is 9.59 Å². The van der Waals surface area contributed by atoms with E-state index >= 15 is 0 Å². The zero-order valence-electron chi connectivity index (χ0n) is 13.9. The van der Waals surface area contributed by atoms with E-state index in [-0.39, 0.29) is 13.2 Å². The maximum absolute atomic E-state index is 11.9. The van der Waals surface area contributed by atoms with Gasteiger partial charge in [0.25, 0.3) is 0 Å². The molecule has 0 amide bonds. The maximum atomic E-state index is 11.9. The number of ether oxygens (including phenoxy) is 4. The number of esters is 2. The van der Waals surface area contributed by atoms with Crippen molar-refractivity contribution in [3.05, 3.63) is 57.0 Å². The summed E-state index contributed by atoms with van der Waals surface area (Å²) in [5.41, 5.74) is 0.357. The minimum Gasteiger partial charge on any atom is -0.481 e. The van der Waals surface area contributed by atoms with Crippen LogP contribution in [-0.2, 0) is 14.3 Å². The molecule has 8 heteroatoms. The molecule has 0 atom stereocenters. The topological polar surface area (TPSA) is 71.1 Å². The van der Waals surface area contributed by atoms with Crippen LogP contribution in [0.1, 0.15) is 10.4 Å². The van der Waals surface area contributed by atoms with Gasteiger partial charge in [0.05, 0.1) is 16.6 Å². The Balaban J connectivity index is 1.84. The van der Waals surface area contributed by atoms with Crippen LogP contribution in [0.15, 0.2) is 51.4 Å². The Morgan fingerprint density at radius 1 is 1.00 bits per heavy atom. The van der Waals surface area contributed by atoms with Crippen LogP contribution in [0.2, 0.25) is 0 Å². The Kier molecular flexibility index (Phi) is 8.08. The molecule has 0 radical (unpaired) electrons. The van der Waals surface area contributed by atoms with Gasteiger partial charge in [0.15, 0.2) is 6.61 Å². The van der Waals surface area contributed by atoms with Gasteiger partial charge in [-0.2, -0.15) is 0 Å². The van der Waals surface area contributed by atoms with Gasteiger partial charge >= 0.3 is 11.9 Å². The molecule has 2 aromatic rings. The maximum Gasteiger partial charge on any atom is 0.349 e. The summed E-state index contributed by atoms with van der Waals surface area (Å²) in [6, 6.07) is 11.4. The summed E-state index contributed by atoms with van der Waals surface area (Å²) in [4.78, 5) is 23.6. The van der Waals surface area contributed by atoms with E-state index in [0.29, 0.717) is 23.7 Å². The molecule has 0 aromatic heterocycles. The third kappa shape index (κ3) is 6.44. The third-order valence-electron chi connectivity index (χ3n) is 3.08. The van der Waals surface area contributed by atoms with Gasteiger partial charge in [0.2, 0.25) is 0 Å². The summed E-state index contributed by atoms with van der Waals surface area (Å²) in [6.07, 6.45) is 0. The number of hydrogen-bond acceptors (Lipinski definition) is 6. The number of carbonyl (C=O) groups is 2. The lowest BCUT2D eigenvalue weighted by molar-refractivity contribution is -0.136. The van der Waals surface area contributed by atoms with Gasteiger partial charge in [-0.05, 0) is 58.4 Å². The lowest BCUT2D eigenvalue weighted by atomic mass is 10.2.